The number of hydrogen-bond acceptors (Lipinski definition) is 6. The van der Waals surface area contributed by atoms with Gasteiger partial charge in [0.2, 0.25) is 11.9 Å². The molecule has 3 heterocycles. The number of aromatic nitrogens is 2. The lowest BCUT2D eigenvalue weighted by molar-refractivity contribution is -0.139. The number of likely N-dealkylation sites (N-methyl/N-ethyl adjacent to an activating group) is 1. The molecule has 33 heavy (non-hydrogen) atoms. The molecular weight excluding hydrogens is 412 g/mol. The summed E-state index contributed by atoms with van der Waals surface area (Å²) in [4.78, 5) is 32.2. The monoisotopic (exact) mass is 452 g/mol. The molecule has 4 bridgehead atoms. The van der Waals surface area contributed by atoms with Crippen LogP contribution in [-0.2, 0) is 4.79 Å². The number of carbonyl (C=O) groups is 1. The van der Waals surface area contributed by atoms with E-state index in [0.717, 1.165) is 94.0 Å². The molecule has 0 aromatic carbocycles. The fourth-order valence-corrected chi connectivity index (χ4v) is 7.97. The average molecular weight is 453 g/mol. The van der Waals surface area contributed by atoms with Crippen LogP contribution in [0.3, 0.4) is 0 Å². The van der Waals surface area contributed by atoms with Crippen LogP contribution in [0.2, 0.25) is 0 Å². The lowest BCUT2D eigenvalue weighted by atomic mass is 9.49. The van der Waals surface area contributed by atoms with Gasteiger partial charge in [-0.3, -0.25) is 4.79 Å². The van der Waals surface area contributed by atoms with Crippen molar-refractivity contribution in [3.63, 3.8) is 0 Å². The van der Waals surface area contributed by atoms with Crippen molar-refractivity contribution < 1.29 is 4.79 Å². The van der Waals surface area contributed by atoms with Gasteiger partial charge in [0.25, 0.3) is 0 Å². The molecule has 7 rings (SSSR count). The van der Waals surface area contributed by atoms with Crippen LogP contribution in [0.5, 0.6) is 0 Å². The maximum Gasteiger partial charge on any atom is 0.227 e. The highest BCUT2D eigenvalue weighted by Crippen LogP contribution is 2.61. The summed E-state index contributed by atoms with van der Waals surface area (Å²) < 4.78 is 0. The van der Waals surface area contributed by atoms with E-state index in [1.807, 2.05) is 0 Å². The molecule has 4 saturated carbocycles. The first kappa shape index (κ1) is 21.6. The molecule has 1 aromatic heterocycles. The minimum atomic E-state index is 0.333. The van der Waals surface area contributed by atoms with Crippen LogP contribution in [0.1, 0.15) is 50.6 Å². The van der Waals surface area contributed by atoms with Crippen LogP contribution in [0.25, 0.3) is 0 Å². The van der Waals surface area contributed by atoms with E-state index in [-0.39, 0.29) is 0 Å². The number of anilines is 2. The van der Waals surface area contributed by atoms with E-state index in [0.29, 0.717) is 11.3 Å². The van der Waals surface area contributed by atoms with Crippen LogP contribution >= 0.6 is 0 Å². The first-order chi connectivity index (χ1) is 15.9. The van der Waals surface area contributed by atoms with Gasteiger partial charge in [-0.15, -0.1) is 0 Å². The highest BCUT2D eigenvalue weighted by Gasteiger charge is 2.51. The third kappa shape index (κ3) is 4.33. The van der Waals surface area contributed by atoms with E-state index in [1.54, 1.807) is 0 Å². The Kier molecular flexibility index (Phi) is 5.51. The van der Waals surface area contributed by atoms with Gasteiger partial charge in [0.05, 0.1) is 0 Å². The molecule has 7 heteroatoms. The SMILES string of the molecule is Cc1cc(N2CCN(C)CC2)nc(N2CCN(C(=O)CC34CC5CC(CC(C5)C3)C4)CC2)n1. The molecule has 1 aromatic rings. The van der Waals surface area contributed by atoms with E-state index in [9.17, 15) is 4.79 Å². The zero-order valence-electron chi connectivity index (χ0n) is 20.5. The number of rotatable bonds is 4. The summed E-state index contributed by atoms with van der Waals surface area (Å²) in [5.74, 6) is 5.01. The van der Waals surface area contributed by atoms with Gasteiger partial charge in [-0.25, -0.2) is 4.98 Å². The van der Waals surface area contributed by atoms with Gasteiger partial charge in [-0.05, 0) is 75.7 Å². The Bertz CT molecular complexity index is 851. The van der Waals surface area contributed by atoms with Gasteiger partial charge < -0.3 is 19.6 Å². The Labute approximate surface area is 198 Å². The summed E-state index contributed by atoms with van der Waals surface area (Å²) in [7, 11) is 2.18. The summed E-state index contributed by atoms with van der Waals surface area (Å²) in [6.07, 6.45) is 9.08. The molecule has 180 valence electrons. The predicted octanol–water partition coefficient (Wildman–Crippen LogP) is 2.79. The molecule has 0 atom stereocenters. The van der Waals surface area contributed by atoms with Gasteiger partial charge in [0.15, 0.2) is 0 Å². The predicted molar refractivity (Wildman–Crippen MR) is 130 cm³/mol. The summed E-state index contributed by atoms with van der Waals surface area (Å²) in [6, 6.07) is 2.11. The molecule has 0 spiro atoms. The Morgan fingerprint density at radius 2 is 1.45 bits per heavy atom. The Balaban J connectivity index is 1.07. The van der Waals surface area contributed by atoms with Crippen LogP contribution in [0.15, 0.2) is 6.07 Å². The number of aryl methyl sites for hydroxylation is 1. The Hall–Kier alpha value is -1.89. The standard InChI is InChI=1S/C26H40N6O/c1-19-11-23(30-5-3-29(2)4-6-30)28-25(27-19)32-9-7-31(8-10-32)24(33)18-26-15-20-12-21(16-26)14-22(13-20)17-26/h11,20-22H,3-10,12-18H2,1-2H3. The van der Waals surface area contributed by atoms with Crippen molar-refractivity contribution in [2.75, 3.05) is 69.2 Å². The zero-order valence-corrected chi connectivity index (χ0v) is 20.5. The van der Waals surface area contributed by atoms with E-state index in [1.165, 1.54) is 38.5 Å². The number of carbonyl (C=O) groups excluding carboxylic acids is 1. The van der Waals surface area contributed by atoms with Crippen molar-refractivity contribution in [3.8, 4) is 0 Å². The molecular formula is C26H40N6O. The van der Waals surface area contributed by atoms with E-state index < -0.39 is 0 Å². The van der Waals surface area contributed by atoms with Crippen molar-refractivity contribution in [2.45, 2.75) is 51.9 Å². The number of amides is 1. The summed E-state index contributed by atoms with van der Waals surface area (Å²) in [5, 5.41) is 0. The third-order valence-electron chi connectivity index (χ3n) is 9.26. The molecule has 1 amide bonds. The molecule has 2 saturated heterocycles. The van der Waals surface area contributed by atoms with Crippen molar-refractivity contribution in [1.82, 2.24) is 19.8 Å². The summed E-state index contributed by atoms with van der Waals surface area (Å²) in [5.41, 5.74) is 1.36. The van der Waals surface area contributed by atoms with Crippen molar-refractivity contribution in [2.24, 2.45) is 23.2 Å². The Morgan fingerprint density at radius 1 is 0.879 bits per heavy atom. The highest BCUT2D eigenvalue weighted by atomic mass is 16.2. The fourth-order valence-electron chi connectivity index (χ4n) is 7.97. The average Bonchev–Trinajstić information content (AvgIpc) is 2.78. The van der Waals surface area contributed by atoms with Gasteiger partial charge in [-0.1, -0.05) is 0 Å². The molecule has 2 aliphatic heterocycles. The molecule has 0 radical (unpaired) electrons. The third-order valence-corrected chi connectivity index (χ3v) is 9.26. The molecule has 0 N–H and O–H groups in total. The van der Waals surface area contributed by atoms with Crippen LogP contribution in [-0.4, -0.2) is 85.1 Å². The fraction of sp³-hybridized carbons (Fsp3) is 0.808. The van der Waals surface area contributed by atoms with Crippen molar-refractivity contribution >= 4 is 17.7 Å². The Morgan fingerprint density at radius 3 is 2.06 bits per heavy atom. The molecule has 6 fully saturated rings. The maximum absolute atomic E-state index is 13.3. The van der Waals surface area contributed by atoms with Crippen LogP contribution in [0.4, 0.5) is 11.8 Å². The second-order valence-corrected chi connectivity index (χ2v) is 11.9. The van der Waals surface area contributed by atoms with E-state index >= 15 is 0 Å². The highest BCUT2D eigenvalue weighted by molar-refractivity contribution is 5.77. The number of piperazine rings is 2. The van der Waals surface area contributed by atoms with Gasteiger partial charge >= 0.3 is 0 Å². The second-order valence-electron chi connectivity index (χ2n) is 11.9. The topological polar surface area (TPSA) is 55.8 Å². The van der Waals surface area contributed by atoms with E-state index in [2.05, 4.69) is 39.6 Å². The first-order valence-electron chi connectivity index (χ1n) is 13.3. The molecule has 7 nitrogen and oxygen atoms in total. The molecule has 6 aliphatic rings. The van der Waals surface area contributed by atoms with Gasteiger partial charge in [0, 0.05) is 70.5 Å². The lowest BCUT2D eigenvalue weighted by Gasteiger charge is -2.57. The lowest BCUT2D eigenvalue weighted by Crippen LogP contribution is -2.52. The van der Waals surface area contributed by atoms with Crippen molar-refractivity contribution in [3.05, 3.63) is 11.8 Å². The normalized spacial score (nSPS) is 34.2. The van der Waals surface area contributed by atoms with E-state index in [4.69, 9.17) is 9.97 Å². The minimum absolute atomic E-state index is 0.333. The van der Waals surface area contributed by atoms with Crippen molar-refractivity contribution in [1.29, 1.82) is 0 Å². The summed E-state index contributed by atoms with van der Waals surface area (Å²) in [6.45, 7) is 9.50. The zero-order chi connectivity index (χ0) is 22.6. The maximum atomic E-state index is 13.3. The second kappa shape index (κ2) is 8.40. The quantitative estimate of drug-likeness (QED) is 0.700. The number of nitrogens with zero attached hydrogens (tertiary/aromatic N) is 6. The van der Waals surface area contributed by atoms with Crippen LogP contribution in [0, 0.1) is 30.1 Å². The van der Waals surface area contributed by atoms with Gasteiger partial charge in [0.1, 0.15) is 5.82 Å². The first-order valence-corrected chi connectivity index (χ1v) is 13.3. The number of hydrogen-bond donors (Lipinski definition) is 0. The smallest absolute Gasteiger partial charge is 0.227 e. The summed E-state index contributed by atoms with van der Waals surface area (Å²) >= 11 is 0. The van der Waals surface area contributed by atoms with Crippen LogP contribution < -0.4 is 9.80 Å². The molecule has 4 aliphatic carbocycles. The molecule has 0 unspecified atom stereocenters. The largest absolute Gasteiger partial charge is 0.354 e. The minimum Gasteiger partial charge on any atom is -0.354 e. The van der Waals surface area contributed by atoms with Gasteiger partial charge in [-0.2, -0.15) is 4.98 Å².